The minimum Gasteiger partial charge on any atom is -0.383 e. The highest BCUT2D eigenvalue weighted by Gasteiger charge is 2.28. The number of imide groups is 1. The van der Waals surface area contributed by atoms with Gasteiger partial charge in [-0.15, -0.1) is 0 Å². The Hall–Kier alpha value is -2.19. The first-order valence-corrected chi connectivity index (χ1v) is 8.82. The van der Waals surface area contributed by atoms with Crippen LogP contribution in [0.3, 0.4) is 0 Å². The van der Waals surface area contributed by atoms with Crippen LogP contribution in [0.1, 0.15) is 12.8 Å². The van der Waals surface area contributed by atoms with Gasteiger partial charge in [0.2, 0.25) is 11.8 Å². The molecule has 142 valence electrons. The summed E-state index contributed by atoms with van der Waals surface area (Å²) < 4.78 is 19.9. The standard InChI is InChI=1S/C18H25FN4O3/c1-22-7-8-23(10-13(22)11-26-2)16-5-3-12(9-14(16)19)20-15-4-6-17(24)21-18(15)25/h3,5,9,13,15,20H,4,6-8,10-11H2,1-2H3,(H,21,24,25). The molecule has 3 rings (SSSR count). The molecule has 2 aliphatic heterocycles. The Balaban J connectivity index is 1.67. The van der Waals surface area contributed by atoms with Crippen molar-refractivity contribution in [2.45, 2.75) is 24.9 Å². The lowest BCUT2D eigenvalue weighted by molar-refractivity contribution is -0.133. The van der Waals surface area contributed by atoms with Gasteiger partial charge in [0.25, 0.3) is 0 Å². The monoisotopic (exact) mass is 364 g/mol. The highest BCUT2D eigenvalue weighted by molar-refractivity contribution is 6.01. The molecule has 2 amide bonds. The van der Waals surface area contributed by atoms with Crippen LogP contribution in [0.2, 0.25) is 0 Å². The Morgan fingerprint density at radius 2 is 2.15 bits per heavy atom. The van der Waals surface area contributed by atoms with Crippen molar-refractivity contribution in [1.82, 2.24) is 10.2 Å². The summed E-state index contributed by atoms with van der Waals surface area (Å²) >= 11 is 0. The van der Waals surface area contributed by atoms with Crippen LogP contribution >= 0.6 is 0 Å². The average Bonchev–Trinajstić information content (AvgIpc) is 2.60. The number of nitrogens with one attached hydrogen (secondary N) is 2. The smallest absolute Gasteiger partial charge is 0.249 e. The van der Waals surface area contributed by atoms with Gasteiger partial charge in [0.15, 0.2) is 0 Å². The first kappa shape index (κ1) is 18.6. The molecule has 2 heterocycles. The summed E-state index contributed by atoms with van der Waals surface area (Å²) in [6, 6.07) is 4.61. The Morgan fingerprint density at radius 1 is 1.35 bits per heavy atom. The molecule has 0 saturated carbocycles. The Kier molecular flexibility index (Phi) is 5.73. The lowest BCUT2D eigenvalue weighted by Crippen LogP contribution is -2.53. The third-order valence-corrected chi connectivity index (χ3v) is 5.00. The second-order valence-corrected chi connectivity index (χ2v) is 6.85. The number of carbonyl (C=O) groups is 2. The number of piperazine rings is 1. The summed E-state index contributed by atoms with van der Waals surface area (Å²) in [5.41, 5.74) is 1.08. The predicted octanol–water partition coefficient (Wildman–Crippen LogP) is 0.810. The van der Waals surface area contributed by atoms with E-state index in [9.17, 15) is 14.0 Å². The number of methoxy groups -OCH3 is 1. The molecule has 7 nitrogen and oxygen atoms in total. The molecule has 1 aromatic rings. The van der Waals surface area contributed by atoms with Crippen molar-refractivity contribution in [3.05, 3.63) is 24.0 Å². The maximum Gasteiger partial charge on any atom is 0.249 e. The quantitative estimate of drug-likeness (QED) is 0.754. The van der Waals surface area contributed by atoms with Crippen molar-refractivity contribution in [3.8, 4) is 0 Å². The van der Waals surface area contributed by atoms with Gasteiger partial charge in [-0.3, -0.25) is 19.8 Å². The molecular formula is C18H25FN4O3. The maximum atomic E-state index is 14.7. The molecule has 2 fully saturated rings. The SMILES string of the molecule is COCC1CN(c2ccc(NC3CCC(=O)NC3=O)cc2F)CCN1C. The van der Waals surface area contributed by atoms with E-state index in [2.05, 4.69) is 15.5 Å². The molecule has 2 aliphatic rings. The maximum absolute atomic E-state index is 14.7. The van der Waals surface area contributed by atoms with Gasteiger partial charge in [-0.1, -0.05) is 0 Å². The van der Waals surface area contributed by atoms with Gasteiger partial charge in [0.1, 0.15) is 11.9 Å². The minimum absolute atomic E-state index is 0.217. The average molecular weight is 364 g/mol. The summed E-state index contributed by atoms with van der Waals surface area (Å²) in [6.45, 7) is 2.88. The molecule has 0 aromatic heterocycles. The van der Waals surface area contributed by atoms with Crippen LogP contribution in [0.5, 0.6) is 0 Å². The highest BCUT2D eigenvalue weighted by atomic mass is 19.1. The number of benzene rings is 1. The molecule has 0 bridgehead atoms. The number of rotatable bonds is 5. The van der Waals surface area contributed by atoms with Crippen molar-refractivity contribution in [3.63, 3.8) is 0 Å². The molecule has 2 atom stereocenters. The summed E-state index contributed by atoms with van der Waals surface area (Å²) in [5.74, 6) is -0.967. The number of halogens is 1. The zero-order valence-corrected chi connectivity index (χ0v) is 15.1. The second-order valence-electron chi connectivity index (χ2n) is 6.85. The number of hydrogen-bond acceptors (Lipinski definition) is 6. The number of carbonyl (C=O) groups excluding carboxylic acids is 2. The van der Waals surface area contributed by atoms with Gasteiger partial charge in [-0.25, -0.2) is 4.39 Å². The largest absolute Gasteiger partial charge is 0.383 e. The molecule has 2 saturated heterocycles. The summed E-state index contributed by atoms with van der Waals surface area (Å²) in [6.07, 6.45) is 0.692. The van der Waals surface area contributed by atoms with E-state index < -0.39 is 6.04 Å². The van der Waals surface area contributed by atoms with Gasteiger partial charge < -0.3 is 15.0 Å². The van der Waals surface area contributed by atoms with Crippen molar-refractivity contribution in [2.75, 3.05) is 50.6 Å². The zero-order chi connectivity index (χ0) is 18.7. The van der Waals surface area contributed by atoms with E-state index in [4.69, 9.17) is 4.74 Å². The first-order chi connectivity index (χ1) is 12.5. The van der Waals surface area contributed by atoms with Crippen molar-refractivity contribution in [2.24, 2.45) is 0 Å². The van der Waals surface area contributed by atoms with Crippen LogP contribution in [0, 0.1) is 5.82 Å². The van der Waals surface area contributed by atoms with E-state index in [0.717, 1.165) is 13.1 Å². The highest BCUT2D eigenvalue weighted by Crippen LogP contribution is 2.26. The zero-order valence-electron chi connectivity index (χ0n) is 15.1. The van der Waals surface area contributed by atoms with E-state index in [1.54, 1.807) is 19.2 Å². The van der Waals surface area contributed by atoms with Crippen molar-refractivity contribution >= 4 is 23.2 Å². The second kappa shape index (κ2) is 8.01. The number of nitrogens with zero attached hydrogens (tertiary/aromatic N) is 2. The van der Waals surface area contributed by atoms with E-state index in [0.29, 0.717) is 30.9 Å². The molecule has 26 heavy (non-hydrogen) atoms. The normalized spacial score (nSPS) is 24.5. The van der Waals surface area contributed by atoms with Crippen LogP contribution in [-0.4, -0.2) is 69.2 Å². The Bertz CT molecular complexity index is 684. The van der Waals surface area contributed by atoms with Crippen LogP contribution in [0.4, 0.5) is 15.8 Å². The lowest BCUT2D eigenvalue weighted by Gasteiger charge is -2.40. The lowest BCUT2D eigenvalue weighted by atomic mass is 10.1. The predicted molar refractivity (Wildman–Crippen MR) is 96.7 cm³/mol. The Labute approximate surface area is 152 Å². The summed E-state index contributed by atoms with van der Waals surface area (Å²) in [4.78, 5) is 27.3. The van der Waals surface area contributed by atoms with E-state index >= 15 is 0 Å². The van der Waals surface area contributed by atoms with Gasteiger partial charge in [-0.05, 0) is 31.7 Å². The van der Waals surface area contributed by atoms with E-state index in [1.165, 1.54) is 6.07 Å². The molecule has 0 radical (unpaired) electrons. The van der Waals surface area contributed by atoms with E-state index in [1.807, 2.05) is 11.9 Å². The van der Waals surface area contributed by atoms with Gasteiger partial charge in [0, 0.05) is 38.9 Å². The van der Waals surface area contributed by atoms with Gasteiger partial charge in [0.05, 0.1) is 18.3 Å². The fourth-order valence-corrected chi connectivity index (χ4v) is 3.42. The number of ether oxygens (including phenoxy) is 1. The fraction of sp³-hybridized carbons (Fsp3) is 0.556. The van der Waals surface area contributed by atoms with Gasteiger partial charge >= 0.3 is 0 Å². The number of anilines is 2. The van der Waals surface area contributed by atoms with Crippen LogP contribution in [0.15, 0.2) is 18.2 Å². The summed E-state index contributed by atoms with van der Waals surface area (Å²) in [5, 5.41) is 5.30. The molecule has 2 N–H and O–H groups in total. The number of likely N-dealkylation sites (N-methyl/N-ethyl adjacent to an activating group) is 1. The molecular weight excluding hydrogens is 339 g/mol. The van der Waals surface area contributed by atoms with Gasteiger partial charge in [-0.2, -0.15) is 0 Å². The van der Waals surface area contributed by atoms with Crippen molar-refractivity contribution < 1.29 is 18.7 Å². The minimum atomic E-state index is -0.521. The molecule has 8 heteroatoms. The molecule has 1 aromatic carbocycles. The molecule has 0 spiro atoms. The number of hydrogen-bond donors (Lipinski definition) is 2. The van der Waals surface area contributed by atoms with Crippen LogP contribution in [0.25, 0.3) is 0 Å². The summed E-state index contributed by atoms with van der Waals surface area (Å²) in [7, 11) is 3.72. The Morgan fingerprint density at radius 3 is 2.85 bits per heavy atom. The van der Waals surface area contributed by atoms with Crippen molar-refractivity contribution in [1.29, 1.82) is 0 Å². The third kappa shape index (κ3) is 4.13. The third-order valence-electron chi connectivity index (χ3n) is 5.00. The molecule has 2 unspecified atom stereocenters. The topological polar surface area (TPSA) is 73.9 Å². The first-order valence-electron chi connectivity index (χ1n) is 8.82. The number of amides is 2. The number of piperidine rings is 1. The van der Waals surface area contributed by atoms with E-state index in [-0.39, 0.29) is 30.1 Å². The fourth-order valence-electron chi connectivity index (χ4n) is 3.42. The van der Waals surface area contributed by atoms with Crippen LogP contribution in [-0.2, 0) is 14.3 Å². The molecule has 0 aliphatic carbocycles. The van der Waals surface area contributed by atoms with Crippen LogP contribution < -0.4 is 15.5 Å².